The maximum atomic E-state index is 13.4. The van der Waals surface area contributed by atoms with Crippen molar-refractivity contribution in [3.63, 3.8) is 0 Å². The molecule has 5 heteroatoms. The Morgan fingerprint density at radius 2 is 1.89 bits per heavy atom. The van der Waals surface area contributed by atoms with Gasteiger partial charge in [-0.25, -0.2) is 8.78 Å². The highest BCUT2D eigenvalue weighted by Gasteiger charge is 2.32. The first kappa shape index (κ1) is 17.9. The molecule has 0 saturated heterocycles. The number of amides is 1. The number of hydrogen-bond acceptors (Lipinski definition) is 2. The number of halogens is 2. The van der Waals surface area contributed by atoms with E-state index in [1.807, 2.05) is 35.2 Å². The second kappa shape index (κ2) is 7.61. The van der Waals surface area contributed by atoms with Gasteiger partial charge in [-0.1, -0.05) is 36.4 Å². The second-order valence-electron chi connectivity index (χ2n) is 6.70. The maximum absolute atomic E-state index is 13.4. The van der Waals surface area contributed by atoms with Gasteiger partial charge in [-0.15, -0.1) is 11.3 Å². The first-order valence-corrected chi connectivity index (χ1v) is 9.86. The molecule has 1 aromatic heterocycles. The van der Waals surface area contributed by atoms with Crippen LogP contribution in [0.15, 0.2) is 60.0 Å². The number of nitrogens with zero attached hydrogens (tertiary/aromatic N) is 1. The van der Waals surface area contributed by atoms with Crippen molar-refractivity contribution in [1.82, 2.24) is 4.90 Å². The Labute approximate surface area is 161 Å². The summed E-state index contributed by atoms with van der Waals surface area (Å²) in [5, 5.41) is 2.08. The third kappa shape index (κ3) is 3.65. The topological polar surface area (TPSA) is 20.3 Å². The molecule has 0 spiro atoms. The maximum Gasteiger partial charge on any atom is 0.223 e. The molecule has 4 rings (SSSR count). The van der Waals surface area contributed by atoms with Gasteiger partial charge in [-0.05, 0) is 53.1 Å². The van der Waals surface area contributed by atoms with E-state index in [1.165, 1.54) is 22.6 Å². The Morgan fingerprint density at radius 1 is 1.07 bits per heavy atom. The summed E-state index contributed by atoms with van der Waals surface area (Å²) in [6.45, 7) is 0.670. The lowest BCUT2D eigenvalue weighted by Gasteiger charge is -2.36. The second-order valence-corrected chi connectivity index (χ2v) is 7.70. The highest BCUT2D eigenvalue weighted by molar-refractivity contribution is 7.10. The Morgan fingerprint density at radius 3 is 2.67 bits per heavy atom. The quantitative estimate of drug-likeness (QED) is 0.611. The molecule has 3 aromatic rings. The molecule has 1 unspecified atom stereocenters. The SMILES string of the molecule is O=C(CCc1ccc(F)c(F)c1)N1CCc2sccc2C1c1ccccc1. The van der Waals surface area contributed by atoms with Crippen LogP contribution in [-0.4, -0.2) is 17.4 Å². The molecule has 0 N–H and O–H groups in total. The van der Waals surface area contributed by atoms with Gasteiger partial charge in [0.15, 0.2) is 11.6 Å². The minimum Gasteiger partial charge on any atom is -0.331 e. The molecule has 2 heterocycles. The van der Waals surface area contributed by atoms with Crippen molar-refractivity contribution < 1.29 is 13.6 Å². The first-order chi connectivity index (χ1) is 13.1. The van der Waals surface area contributed by atoms with Crippen LogP contribution in [0.2, 0.25) is 0 Å². The summed E-state index contributed by atoms with van der Waals surface area (Å²) >= 11 is 1.74. The fraction of sp³-hybridized carbons (Fsp3) is 0.227. The largest absolute Gasteiger partial charge is 0.331 e. The lowest BCUT2D eigenvalue weighted by molar-refractivity contribution is -0.133. The molecule has 1 atom stereocenters. The van der Waals surface area contributed by atoms with Gasteiger partial charge in [0.1, 0.15) is 0 Å². The van der Waals surface area contributed by atoms with Gasteiger partial charge < -0.3 is 4.90 Å². The molecule has 138 valence electrons. The van der Waals surface area contributed by atoms with Gasteiger partial charge in [-0.3, -0.25) is 4.79 Å². The van der Waals surface area contributed by atoms with E-state index in [4.69, 9.17) is 0 Å². The van der Waals surface area contributed by atoms with E-state index in [1.54, 1.807) is 11.3 Å². The van der Waals surface area contributed by atoms with E-state index in [0.29, 0.717) is 18.5 Å². The molecule has 27 heavy (non-hydrogen) atoms. The zero-order valence-electron chi connectivity index (χ0n) is 14.7. The fourth-order valence-electron chi connectivity index (χ4n) is 3.67. The summed E-state index contributed by atoms with van der Waals surface area (Å²) in [6.07, 6.45) is 1.52. The van der Waals surface area contributed by atoms with Crippen LogP contribution in [0.4, 0.5) is 8.78 Å². The van der Waals surface area contributed by atoms with Crippen LogP contribution in [-0.2, 0) is 17.6 Å². The summed E-state index contributed by atoms with van der Waals surface area (Å²) in [5.41, 5.74) is 2.92. The summed E-state index contributed by atoms with van der Waals surface area (Å²) in [5.74, 6) is -1.70. The molecule has 0 saturated carbocycles. The van der Waals surface area contributed by atoms with E-state index in [0.717, 1.165) is 18.1 Å². The van der Waals surface area contributed by atoms with Crippen LogP contribution in [0.3, 0.4) is 0 Å². The Hall–Kier alpha value is -2.53. The van der Waals surface area contributed by atoms with E-state index in [9.17, 15) is 13.6 Å². The van der Waals surface area contributed by atoms with E-state index in [2.05, 4.69) is 11.4 Å². The van der Waals surface area contributed by atoms with Gasteiger partial charge in [0.2, 0.25) is 5.91 Å². The third-order valence-electron chi connectivity index (χ3n) is 5.01. The standard InChI is InChI=1S/C22H19F2NOS/c23-18-8-6-15(14-19(18)24)7-9-21(26)25-12-10-20-17(11-13-27-20)22(25)16-4-2-1-3-5-16/h1-6,8,11,13-14,22H,7,9-10,12H2. The van der Waals surface area contributed by atoms with Gasteiger partial charge in [0, 0.05) is 17.8 Å². The average molecular weight is 383 g/mol. The van der Waals surface area contributed by atoms with E-state index < -0.39 is 11.6 Å². The van der Waals surface area contributed by atoms with Gasteiger partial charge >= 0.3 is 0 Å². The summed E-state index contributed by atoms with van der Waals surface area (Å²) < 4.78 is 26.5. The normalized spacial score (nSPS) is 16.2. The number of rotatable bonds is 4. The number of fused-ring (bicyclic) bond motifs is 1. The molecule has 0 bridgehead atoms. The molecule has 0 radical (unpaired) electrons. The highest BCUT2D eigenvalue weighted by atomic mass is 32.1. The van der Waals surface area contributed by atoms with Crippen molar-refractivity contribution >= 4 is 17.2 Å². The van der Waals surface area contributed by atoms with Crippen molar-refractivity contribution in [1.29, 1.82) is 0 Å². The monoisotopic (exact) mass is 383 g/mol. The molecule has 1 aliphatic heterocycles. The van der Waals surface area contributed by atoms with Crippen LogP contribution >= 0.6 is 11.3 Å². The third-order valence-corrected chi connectivity index (χ3v) is 6.01. The predicted octanol–water partition coefficient (Wildman–Crippen LogP) is 5.13. The van der Waals surface area contributed by atoms with Gasteiger partial charge in [0.25, 0.3) is 0 Å². The smallest absolute Gasteiger partial charge is 0.223 e. The number of carbonyl (C=O) groups is 1. The molecular weight excluding hydrogens is 364 g/mol. The number of hydrogen-bond donors (Lipinski definition) is 0. The molecule has 0 fully saturated rings. The Bertz CT molecular complexity index is 954. The number of thiophene rings is 1. The number of carbonyl (C=O) groups excluding carboxylic acids is 1. The predicted molar refractivity (Wildman–Crippen MR) is 103 cm³/mol. The van der Waals surface area contributed by atoms with Crippen LogP contribution in [0, 0.1) is 11.6 Å². The van der Waals surface area contributed by atoms with Crippen LogP contribution in [0.25, 0.3) is 0 Å². The van der Waals surface area contributed by atoms with Crippen LogP contribution in [0.5, 0.6) is 0 Å². The van der Waals surface area contributed by atoms with E-state index in [-0.39, 0.29) is 18.4 Å². The van der Waals surface area contributed by atoms with Gasteiger partial charge in [-0.2, -0.15) is 0 Å². The zero-order valence-corrected chi connectivity index (χ0v) is 15.5. The van der Waals surface area contributed by atoms with Crippen molar-refractivity contribution in [3.8, 4) is 0 Å². The molecule has 2 nitrogen and oxygen atoms in total. The average Bonchev–Trinajstić information content (AvgIpc) is 3.17. The summed E-state index contributed by atoms with van der Waals surface area (Å²) in [6, 6.07) is 15.9. The minimum atomic E-state index is -0.872. The molecule has 1 aliphatic rings. The number of aryl methyl sites for hydroxylation is 1. The zero-order chi connectivity index (χ0) is 18.8. The highest BCUT2D eigenvalue weighted by Crippen LogP contribution is 2.38. The lowest BCUT2D eigenvalue weighted by Crippen LogP contribution is -2.40. The van der Waals surface area contributed by atoms with Crippen molar-refractivity contribution in [2.24, 2.45) is 0 Å². The Balaban J connectivity index is 1.55. The molecule has 0 aliphatic carbocycles. The lowest BCUT2D eigenvalue weighted by atomic mass is 9.92. The first-order valence-electron chi connectivity index (χ1n) is 8.98. The van der Waals surface area contributed by atoms with Gasteiger partial charge in [0.05, 0.1) is 6.04 Å². The number of benzene rings is 2. The fourth-order valence-corrected chi connectivity index (χ4v) is 4.57. The summed E-state index contributed by atoms with van der Waals surface area (Å²) in [7, 11) is 0. The molecule has 1 amide bonds. The minimum absolute atomic E-state index is 0.0328. The van der Waals surface area contributed by atoms with Crippen LogP contribution < -0.4 is 0 Å². The molecular formula is C22H19F2NOS. The van der Waals surface area contributed by atoms with Crippen LogP contribution in [0.1, 0.15) is 34.0 Å². The summed E-state index contributed by atoms with van der Waals surface area (Å²) in [4.78, 5) is 16.2. The van der Waals surface area contributed by atoms with E-state index >= 15 is 0 Å². The van der Waals surface area contributed by atoms with Crippen molar-refractivity contribution in [2.75, 3.05) is 6.54 Å². The molecule has 2 aromatic carbocycles. The van der Waals surface area contributed by atoms with Crippen molar-refractivity contribution in [3.05, 3.63) is 93.2 Å². The Kier molecular flexibility index (Phi) is 5.03. The van der Waals surface area contributed by atoms with Crippen molar-refractivity contribution in [2.45, 2.75) is 25.3 Å².